The average molecular weight is 431 g/mol. The van der Waals surface area contributed by atoms with Crippen molar-refractivity contribution in [3.05, 3.63) is 58.1 Å². The van der Waals surface area contributed by atoms with E-state index < -0.39 is 0 Å². The zero-order chi connectivity index (χ0) is 20.4. The minimum Gasteiger partial charge on any atom is -0.486 e. The van der Waals surface area contributed by atoms with Crippen LogP contribution < -0.4 is 10.1 Å². The van der Waals surface area contributed by atoms with Crippen molar-refractivity contribution < 1.29 is 13.9 Å². The summed E-state index contributed by atoms with van der Waals surface area (Å²) in [6.07, 6.45) is 7.23. The van der Waals surface area contributed by atoms with Gasteiger partial charge in [-0.2, -0.15) is 0 Å². The topological polar surface area (TPSA) is 54.7 Å². The molecule has 1 saturated heterocycles. The highest BCUT2D eigenvalue weighted by atomic mass is 35.5. The third-order valence-electron chi connectivity index (χ3n) is 5.33. The number of amides is 1. The van der Waals surface area contributed by atoms with E-state index in [1.54, 1.807) is 11.0 Å². The van der Waals surface area contributed by atoms with Crippen LogP contribution in [0.3, 0.4) is 0 Å². The Hall–Kier alpha value is -2.31. The lowest BCUT2D eigenvalue weighted by Gasteiger charge is -2.29. The highest BCUT2D eigenvalue weighted by molar-refractivity contribution is 7.80. The number of hydrogen-bond acceptors (Lipinski definition) is 4. The number of ether oxygens (including phenoxy) is 1. The Labute approximate surface area is 180 Å². The molecule has 1 amide bonds. The summed E-state index contributed by atoms with van der Waals surface area (Å²) in [6.45, 7) is 2.22. The fourth-order valence-electron chi connectivity index (χ4n) is 3.77. The van der Waals surface area contributed by atoms with E-state index in [0.29, 0.717) is 27.4 Å². The molecule has 2 heterocycles. The number of carbonyl (C=O) groups excluding carboxylic acids is 1. The zero-order valence-electron chi connectivity index (χ0n) is 16.2. The fraction of sp³-hybridized carbons (Fsp3) is 0.364. The summed E-state index contributed by atoms with van der Waals surface area (Å²) in [6, 6.07) is 9.37. The van der Waals surface area contributed by atoms with E-state index in [4.69, 9.17) is 33.0 Å². The van der Waals surface area contributed by atoms with Gasteiger partial charge in [0.05, 0.1) is 0 Å². The number of rotatable bonds is 5. The molecule has 1 aliphatic carbocycles. The van der Waals surface area contributed by atoms with Gasteiger partial charge < -0.3 is 14.5 Å². The van der Waals surface area contributed by atoms with Crippen LogP contribution in [0, 0.1) is 6.92 Å². The molecule has 0 radical (unpaired) electrons. The normalized spacial score (nSPS) is 19.1. The predicted octanol–water partition coefficient (Wildman–Crippen LogP) is 5.21. The summed E-state index contributed by atoms with van der Waals surface area (Å²) in [5.41, 5.74) is 1.41. The molecule has 1 saturated carbocycles. The highest BCUT2D eigenvalue weighted by Gasteiger charge is 2.36. The van der Waals surface area contributed by atoms with Gasteiger partial charge in [-0.05, 0) is 67.9 Å². The van der Waals surface area contributed by atoms with Gasteiger partial charge >= 0.3 is 0 Å². The number of thiocarbonyl (C=S) groups is 1. The SMILES string of the molecule is Cc1cc(OCc2ccc(/C=C3/NC(=S)N(C4CCCCC4)C3=O)o2)ccc1Cl. The molecule has 2 aliphatic rings. The Morgan fingerprint density at radius 2 is 2.07 bits per heavy atom. The van der Waals surface area contributed by atoms with Gasteiger partial charge in [0, 0.05) is 17.1 Å². The second-order valence-electron chi connectivity index (χ2n) is 7.46. The molecule has 29 heavy (non-hydrogen) atoms. The Bertz CT molecular complexity index is 963. The van der Waals surface area contributed by atoms with Gasteiger partial charge in [0.1, 0.15) is 29.6 Å². The molecule has 2 fully saturated rings. The van der Waals surface area contributed by atoms with Gasteiger partial charge in [-0.25, -0.2) is 0 Å². The van der Waals surface area contributed by atoms with Gasteiger partial charge in [-0.1, -0.05) is 30.9 Å². The van der Waals surface area contributed by atoms with Crippen LogP contribution in [-0.4, -0.2) is 22.0 Å². The molecule has 5 nitrogen and oxygen atoms in total. The van der Waals surface area contributed by atoms with Crippen molar-refractivity contribution in [2.75, 3.05) is 0 Å². The van der Waals surface area contributed by atoms with Crippen molar-refractivity contribution in [3.63, 3.8) is 0 Å². The molecule has 0 spiro atoms. The minimum atomic E-state index is -0.0762. The summed E-state index contributed by atoms with van der Waals surface area (Å²) in [5.74, 6) is 1.90. The molecular formula is C22H23ClN2O3S. The number of carbonyl (C=O) groups is 1. The molecule has 0 bridgehead atoms. The van der Waals surface area contributed by atoms with Gasteiger partial charge in [0.15, 0.2) is 5.11 Å². The average Bonchev–Trinajstić information content (AvgIpc) is 3.27. The highest BCUT2D eigenvalue weighted by Crippen LogP contribution is 2.27. The van der Waals surface area contributed by atoms with Crippen LogP contribution in [-0.2, 0) is 11.4 Å². The lowest BCUT2D eigenvalue weighted by molar-refractivity contribution is -0.124. The number of hydrogen-bond donors (Lipinski definition) is 1. The van der Waals surface area contributed by atoms with Gasteiger partial charge in [-0.3, -0.25) is 9.69 Å². The lowest BCUT2D eigenvalue weighted by atomic mass is 9.94. The number of aryl methyl sites for hydroxylation is 1. The summed E-state index contributed by atoms with van der Waals surface area (Å²) in [5, 5.41) is 4.24. The Morgan fingerprint density at radius 1 is 1.28 bits per heavy atom. The molecule has 4 rings (SSSR count). The molecule has 0 atom stereocenters. The van der Waals surface area contributed by atoms with Crippen LogP contribution >= 0.6 is 23.8 Å². The largest absolute Gasteiger partial charge is 0.486 e. The molecule has 1 aromatic carbocycles. The van der Waals surface area contributed by atoms with Crippen LogP contribution in [0.1, 0.15) is 49.2 Å². The molecule has 7 heteroatoms. The smallest absolute Gasteiger partial charge is 0.276 e. The predicted molar refractivity (Wildman–Crippen MR) is 117 cm³/mol. The van der Waals surface area contributed by atoms with E-state index >= 15 is 0 Å². The van der Waals surface area contributed by atoms with Gasteiger partial charge in [0.2, 0.25) is 0 Å². The van der Waals surface area contributed by atoms with E-state index in [1.807, 2.05) is 37.3 Å². The maximum Gasteiger partial charge on any atom is 0.276 e. The molecule has 1 aromatic heterocycles. The van der Waals surface area contributed by atoms with E-state index in [-0.39, 0.29) is 18.6 Å². The van der Waals surface area contributed by atoms with Crippen LogP contribution in [0.2, 0.25) is 5.02 Å². The fourth-order valence-corrected chi connectivity index (χ4v) is 4.23. The second-order valence-corrected chi connectivity index (χ2v) is 8.25. The van der Waals surface area contributed by atoms with Gasteiger partial charge in [-0.15, -0.1) is 0 Å². The molecule has 152 valence electrons. The number of furan rings is 1. The molecule has 0 unspecified atom stereocenters. The monoisotopic (exact) mass is 430 g/mol. The molecule has 2 aromatic rings. The first kappa shape index (κ1) is 20.0. The minimum absolute atomic E-state index is 0.0762. The van der Waals surface area contributed by atoms with Crippen molar-refractivity contribution in [3.8, 4) is 5.75 Å². The number of nitrogens with zero attached hydrogens (tertiary/aromatic N) is 1. The molecule has 1 N–H and O–H groups in total. The standard InChI is InChI=1S/C22H23ClN2O3S/c1-14-11-16(9-10-19(14)23)27-13-18-8-7-17(28-18)12-20-21(26)25(22(29)24-20)15-5-3-2-4-6-15/h7-12,15H,2-6,13H2,1H3,(H,24,29)/b20-12+. The summed E-state index contributed by atoms with van der Waals surface area (Å²) in [7, 11) is 0. The van der Waals surface area contributed by atoms with E-state index in [9.17, 15) is 4.79 Å². The van der Waals surface area contributed by atoms with E-state index in [1.165, 1.54) is 6.42 Å². The summed E-state index contributed by atoms with van der Waals surface area (Å²) in [4.78, 5) is 14.6. The number of nitrogens with one attached hydrogen (secondary N) is 1. The van der Waals surface area contributed by atoms with Crippen LogP contribution in [0.25, 0.3) is 6.08 Å². The molecular weight excluding hydrogens is 408 g/mol. The first-order valence-electron chi connectivity index (χ1n) is 9.85. The summed E-state index contributed by atoms with van der Waals surface area (Å²) >= 11 is 11.4. The first-order valence-corrected chi connectivity index (χ1v) is 10.6. The Kier molecular flexibility index (Phi) is 5.92. The zero-order valence-corrected chi connectivity index (χ0v) is 17.8. The van der Waals surface area contributed by atoms with Crippen LogP contribution in [0.4, 0.5) is 0 Å². The maximum absolute atomic E-state index is 12.8. The van der Waals surface area contributed by atoms with Crippen LogP contribution in [0.5, 0.6) is 5.75 Å². The Balaban J connectivity index is 1.41. The quantitative estimate of drug-likeness (QED) is 0.521. The van der Waals surface area contributed by atoms with Gasteiger partial charge in [0.25, 0.3) is 5.91 Å². The third kappa shape index (κ3) is 4.49. The van der Waals surface area contributed by atoms with E-state index in [2.05, 4.69) is 5.32 Å². The van der Waals surface area contributed by atoms with Crippen molar-refractivity contribution in [1.29, 1.82) is 0 Å². The van der Waals surface area contributed by atoms with Crippen molar-refractivity contribution in [1.82, 2.24) is 10.2 Å². The Morgan fingerprint density at radius 3 is 2.83 bits per heavy atom. The van der Waals surface area contributed by atoms with E-state index in [0.717, 1.165) is 37.0 Å². The lowest BCUT2D eigenvalue weighted by Crippen LogP contribution is -2.41. The number of halogens is 1. The maximum atomic E-state index is 12.8. The second kappa shape index (κ2) is 8.59. The molecule has 1 aliphatic heterocycles. The van der Waals surface area contributed by atoms with Crippen LogP contribution in [0.15, 0.2) is 40.4 Å². The van der Waals surface area contributed by atoms with Crippen molar-refractivity contribution >= 4 is 40.9 Å². The third-order valence-corrected chi connectivity index (χ3v) is 6.05. The summed E-state index contributed by atoms with van der Waals surface area (Å²) < 4.78 is 11.6. The van der Waals surface area contributed by atoms with Crippen molar-refractivity contribution in [2.24, 2.45) is 0 Å². The van der Waals surface area contributed by atoms with Crippen molar-refractivity contribution in [2.45, 2.75) is 51.7 Å². The number of benzene rings is 1. The first-order chi connectivity index (χ1) is 14.0.